The van der Waals surface area contributed by atoms with Gasteiger partial charge < -0.3 is 0 Å². The minimum Gasteiger partial charge on any atom is -0.273 e. The van der Waals surface area contributed by atoms with Crippen molar-refractivity contribution in [3.63, 3.8) is 0 Å². The van der Waals surface area contributed by atoms with Gasteiger partial charge in [0, 0.05) is 8.80 Å². The van der Waals surface area contributed by atoms with Crippen LogP contribution in [0.1, 0.15) is 12.8 Å². The summed E-state index contributed by atoms with van der Waals surface area (Å²) in [7, 11) is 0.120. The molecule has 0 aliphatic heterocycles. The van der Waals surface area contributed by atoms with E-state index in [2.05, 4.69) is 43.9 Å². The molecule has 0 atom stereocenters. The molecule has 0 aromatic rings. The molecule has 2 heteroatoms. The van der Waals surface area contributed by atoms with Gasteiger partial charge in [0.1, 0.15) is 0 Å². The maximum absolute atomic E-state index is 2.99. The summed E-state index contributed by atoms with van der Waals surface area (Å²) in [4.78, 5) is 0. The Hall–Kier alpha value is -0.200. The molecule has 2 aliphatic rings. The first kappa shape index (κ1) is 17.2. The van der Waals surface area contributed by atoms with Gasteiger partial charge in [0.05, 0.1) is 0 Å². The number of allylic oxidation sites excluding steroid dienone is 8. The molecule has 15 heavy (non-hydrogen) atoms. The van der Waals surface area contributed by atoms with Crippen molar-refractivity contribution < 1.29 is 19.5 Å². The van der Waals surface area contributed by atoms with Gasteiger partial charge in [-0.1, -0.05) is 19.6 Å². The molecule has 0 heterocycles. The van der Waals surface area contributed by atoms with Crippen LogP contribution in [0.2, 0.25) is 19.6 Å². The zero-order valence-corrected chi connectivity index (χ0v) is 12.5. The van der Waals surface area contributed by atoms with Crippen LogP contribution in [0.25, 0.3) is 0 Å². The Balaban J connectivity index is 0. The van der Waals surface area contributed by atoms with E-state index in [1.807, 2.05) is 24.3 Å². The van der Waals surface area contributed by atoms with Gasteiger partial charge in [0.25, 0.3) is 0 Å². The fraction of sp³-hybridized carbons (Fsp3) is 0.385. The molecule has 0 bridgehead atoms. The van der Waals surface area contributed by atoms with Crippen LogP contribution in [0.5, 0.6) is 0 Å². The van der Waals surface area contributed by atoms with E-state index in [1.54, 1.807) is 0 Å². The first-order chi connectivity index (χ1) is 6.73. The quantitative estimate of drug-likeness (QED) is 0.469. The molecule has 83 valence electrons. The zero-order valence-electron chi connectivity index (χ0n) is 9.73. The molecular weight excluding hydrogens is 285 g/mol. The van der Waals surface area contributed by atoms with Gasteiger partial charge >= 0.3 is 19.5 Å². The van der Waals surface area contributed by atoms with Crippen molar-refractivity contribution in [3.8, 4) is 0 Å². The summed E-state index contributed by atoms with van der Waals surface area (Å²) in [6.07, 6.45) is 20.0. The molecule has 0 saturated heterocycles. The van der Waals surface area contributed by atoms with Gasteiger partial charge in [-0.05, 0) is 0 Å². The topological polar surface area (TPSA) is 0 Å². The Bertz CT molecular complexity index is 180. The molecule has 0 spiro atoms. The van der Waals surface area contributed by atoms with E-state index >= 15 is 0 Å². The van der Waals surface area contributed by atoms with Crippen LogP contribution in [0, 0.1) is 12.2 Å². The van der Waals surface area contributed by atoms with Crippen molar-refractivity contribution in [2.45, 2.75) is 32.5 Å². The van der Waals surface area contributed by atoms with Crippen LogP contribution in [0.15, 0.2) is 36.5 Å². The van der Waals surface area contributed by atoms with Gasteiger partial charge in [-0.3, -0.25) is 12.2 Å². The average Bonchev–Trinajstić information content (AvgIpc) is 2.83. The largest absolute Gasteiger partial charge is 2.00 e. The summed E-state index contributed by atoms with van der Waals surface area (Å²) in [6.45, 7) is 6.81. The second-order valence-corrected chi connectivity index (χ2v) is 6.51. The molecule has 2 rings (SSSR count). The van der Waals surface area contributed by atoms with Crippen LogP contribution >= 0.6 is 0 Å². The molecule has 0 amide bonds. The van der Waals surface area contributed by atoms with Crippen LogP contribution in [0.4, 0.5) is 0 Å². The smallest absolute Gasteiger partial charge is 0.273 e. The Labute approximate surface area is 109 Å². The van der Waals surface area contributed by atoms with E-state index in [4.69, 9.17) is 0 Å². The number of hydrogen-bond acceptors (Lipinski definition) is 0. The molecule has 0 aromatic carbocycles. The zero-order chi connectivity index (χ0) is 10.6. The minimum atomic E-state index is 0. The first-order valence-corrected chi connectivity index (χ1v) is 7.93. The number of hydrogen-bond donors (Lipinski definition) is 0. The summed E-state index contributed by atoms with van der Waals surface area (Å²) < 4.78 is 0. The first-order valence-electron chi connectivity index (χ1n) is 4.93. The standard InChI is InChI=1S/2C5H5.C3H9Si.Ru/c2*1-2-4-5-3-1;1-4(2)3;/h2*1-3H,4H2;1-3H3;/q2*-1;;+2. The summed E-state index contributed by atoms with van der Waals surface area (Å²) in [5, 5.41) is 0. The molecule has 0 aromatic heterocycles. The Morgan fingerprint density at radius 2 is 1.20 bits per heavy atom. The third-order valence-electron chi connectivity index (χ3n) is 1.17. The van der Waals surface area contributed by atoms with Crippen LogP contribution in [0.3, 0.4) is 0 Å². The van der Waals surface area contributed by atoms with E-state index in [0.717, 1.165) is 12.8 Å². The van der Waals surface area contributed by atoms with Gasteiger partial charge in [-0.15, -0.1) is 12.8 Å². The van der Waals surface area contributed by atoms with Gasteiger partial charge in [-0.25, -0.2) is 24.3 Å². The van der Waals surface area contributed by atoms with Gasteiger partial charge in [-0.2, -0.15) is 12.2 Å². The van der Waals surface area contributed by atoms with E-state index in [0.29, 0.717) is 0 Å². The molecule has 1 radical (unpaired) electrons. The fourth-order valence-electron chi connectivity index (χ4n) is 0.680. The van der Waals surface area contributed by atoms with Crippen LogP contribution < -0.4 is 0 Å². The van der Waals surface area contributed by atoms with E-state index in [1.165, 1.54) is 0 Å². The molecule has 2 aliphatic carbocycles. The molecule has 0 fully saturated rings. The van der Waals surface area contributed by atoms with Gasteiger partial charge in [0.15, 0.2) is 0 Å². The summed E-state index contributed by atoms with van der Waals surface area (Å²) in [5.74, 6) is 0. The molecular formula is C13H19RuSi. The minimum absolute atomic E-state index is 0. The predicted molar refractivity (Wildman–Crippen MR) is 66.5 cm³/mol. The van der Waals surface area contributed by atoms with Crippen molar-refractivity contribution >= 4 is 8.80 Å². The van der Waals surface area contributed by atoms with E-state index in [-0.39, 0.29) is 28.3 Å². The van der Waals surface area contributed by atoms with E-state index in [9.17, 15) is 0 Å². The van der Waals surface area contributed by atoms with Crippen molar-refractivity contribution in [3.05, 3.63) is 48.6 Å². The van der Waals surface area contributed by atoms with Crippen LogP contribution in [-0.2, 0) is 19.5 Å². The fourth-order valence-corrected chi connectivity index (χ4v) is 0.680. The maximum Gasteiger partial charge on any atom is 2.00 e. The Kier molecular flexibility index (Phi) is 15.8. The summed E-state index contributed by atoms with van der Waals surface area (Å²) in [5.41, 5.74) is 0. The maximum atomic E-state index is 2.99. The van der Waals surface area contributed by atoms with Crippen molar-refractivity contribution in [1.29, 1.82) is 0 Å². The summed E-state index contributed by atoms with van der Waals surface area (Å²) in [6, 6.07) is 0. The SMILES string of the molecule is C[Si](C)C.[C-]1=CC=CC1.[C-]1=CC=CC1.[Ru+2]. The molecule has 0 nitrogen and oxygen atoms in total. The predicted octanol–water partition coefficient (Wildman–Crippen LogP) is 3.98. The second-order valence-electron chi connectivity index (χ2n) is 3.51. The molecule has 0 saturated carbocycles. The average molecular weight is 304 g/mol. The molecule has 0 N–H and O–H groups in total. The van der Waals surface area contributed by atoms with E-state index < -0.39 is 0 Å². The normalized spacial score (nSPS) is 14.1. The van der Waals surface area contributed by atoms with Gasteiger partial charge in [0.2, 0.25) is 0 Å². The Morgan fingerprint density at radius 1 is 0.867 bits per heavy atom. The third kappa shape index (κ3) is 20.0. The van der Waals surface area contributed by atoms with Crippen molar-refractivity contribution in [2.24, 2.45) is 0 Å². The van der Waals surface area contributed by atoms with Crippen molar-refractivity contribution in [1.82, 2.24) is 0 Å². The second kappa shape index (κ2) is 13.8. The van der Waals surface area contributed by atoms with Crippen molar-refractivity contribution in [2.75, 3.05) is 0 Å². The number of rotatable bonds is 0. The molecule has 0 unspecified atom stereocenters. The monoisotopic (exact) mass is 305 g/mol. The van der Waals surface area contributed by atoms with Crippen LogP contribution in [-0.4, -0.2) is 8.80 Å². The summed E-state index contributed by atoms with van der Waals surface area (Å²) >= 11 is 0. The Morgan fingerprint density at radius 3 is 1.27 bits per heavy atom. The third-order valence-corrected chi connectivity index (χ3v) is 1.17.